The summed E-state index contributed by atoms with van der Waals surface area (Å²) in [6, 6.07) is 17.4. The number of benzene rings is 3. The number of amides is 1. The summed E-state index contributed by atoms with van der Waals surface area (Å²) in [6.45, 7) is 7.31. The topological polar surface area (TPSA) is 49.4 Å². The molecule has 0 bridgehead atoms. The number of thioether (sulfide) groups is 1. The summed E-state index contributed by atoms with van der Waals surface area (Å²) in [6.07, 6.45) is -3.38. The van der Waals surface area contributed by atoms with E-state index < -0.39 is 23.5 Å². The van der Waals surface area contributed by atoms with Gasteiger partial charge in [0.2, 0.25) is 11.4 Å². The minimum Gasteiger partial charge on any atom is -0.317 e. The molecule has 0 aliphatic carbocycles. The van der Waals surface area contributed by atoms with Gasteiger partial charge in [0, 0.05) is 16.8 Å². The van der Waals surface area contributed by atoms with Crippen LogP contribution in [0.3, 0.4) is 0 Å². The lowest BCUT2D eigenvalue weighted by atomic mass is 9.90. The lowest BCUT2D eigenvalue weighted by Gasteiger charge is -2.50. The van der Waals surface area contributed by atoms with Crippen molar-refractivity contribution >= 4 is 29.1 Å². The van der Waals surface area contributed by atoms with Gasteiger partial charge in [-0.15, -0.1) is 11.8 Å². The molecule has 4 nitrogen and oxygen atoms in total. The van der Waals surface area contributed by atoms with Crippen LogP contribution in [0.1, 0.15) is 38.2 Å². The number of carbonyl (C=O) groups is 2. The highest BCUT2D eigenvalue weighted by atomic mass is 32.2. The highest BCUT2D eigenvalue weighted by molar-refractivity contribution is 8.02. The van der Waals surface area contributed by atoms with Crippen molar-refractivity contribution in [2.45, 2.75) is 39.5 Å². The van der Waals surface area contributed by atoms with Gasteiger partial charge >= 0.3 is 6.18 Å². The van der Waals surface area contributed by atoms with Crippen molar-refractivity contribution < 1.29 is 22.8 Å². The Morgan fingerprint density at radius 2 is 1.43 bits per heavy atom. The molecule has 0 unspecified atom stereocenters. The number of alkyl halides is 3. The summed E-state index contributed by atoms with van der Waals surface area (Å²) in [5.41, 5.74) is 0.371. The second kappa shape index (κ2) is 9.74. The molecule has 0 spiro atoms. The molecule has 1 aliphatic heterocycles. The van der Waals surface area contributed by atoms with Gasteiger partial charge in [-0.05, 0) is 57.2 Å². The maximum Gasteiger partial charge on any atom is 0.435 e. The average Bonchev–Trinajstić information content (AvgIpc) is 2.85. The molecule has 8 heteroatoms. The number of ketones is 1. The average molecular weight is 525 g/mol. The van der Waals surface area contributed by atoms with Crippen LogP contribution in [0.25, 0.3) is 0 Å². The molecule has 37 heavy (non-hydrogen) atoms. The van der Waals surface area contributed by atoms with Crippen LogP contribution in [0.4, 0.5) is 18.9 Å². The lowest BCUT2D eigenvalue weighted by Crippen LogP contribution is -2.69. The quantitative estimate of drug-likeness (QED) is 0.297. The maximum atomic E-state index is 15.3. The van der Waals surface area contributed by atoms with Crippen molar-refractivity contribution in [2.24, 2.45) is 0 Å². The molecule has 192 valence electrons. The number of nitrogens with zero attached hydrogens (tertiary/aromatic N) is 1. The molecule has 0 aromatic heterocycles. The smallest absolute Gasteiger partial charge is 0.317 e. The molecule has 3 aromatic carbocycles. The zero-order chi connectivity index (χ0) is 27.1. The van der Waals surface area contributed by atoms with Crippen LogP contribution in [0.15, 0.2) is 77.3 Å². The third kappa shape index (κ3) is 4.55. The van der Waals surface area contributed by atoms with Gasteiger partial charge in [0.1, 0.15) is 5.57 Å². The van der Waals surface area contributed by atoms with E-state index in [4.69, 9.17) is 0 Å². The molecule has 0 saturated heterocycles. The van der Waals surface area contributed by atoms with Crippen molar-refractivity contribution in [1.29, 1.82) is 0 Å². The number of hydrogen-bond acceptors (Lipinski definition) is 4. The fraction of sp³-hybridized carbons (Fsp3) is 0.241. The van der Waals surface area contributed by atoms with E-state index in [2.05, 4.69) is 5.32 Å². The van der Waals surface area contributed by atoms with E-state index in [-0.39, 0.29) is 27.4 Å². The molecule has 1 aliphatic rings. The van der Waals surface area contributed by atoms with Gasteiger partial charge in [-0.1, -0.05) is 65.7 Å². The van der Waals surface area contributed by atoms with E-state index in [0.29, 0.717) is 0 Å². The van der Waals surface area contributed by atoms with Crippen molar-refractivity contribution in [3.63, 3.8) is 0 Å². The first-order valence-corrected chi connectivity index (χ1v) is 12.9. The third-order valence-electron chi connectivity index (χ3n) is 6.64. The van der Waals surface area contributed by atoms with Crippen LogP contribution in [0.5, 0.6) is 0 Å². The monoisotopic (exact) mass is 524 g/mol. The van der Waals surface area contributed by atoms with Gasteiger partial charge in [-0.25, -0.2) is 0 Å². The summed E-state index contributed by atoms with van der Waals surface area (Å²) in [5.74, 6) is -1.72. The second-order valence-electron chi connectivity index (χ2n) is 9.21. The van der Waals surface area contributed by atoms with Gasteiger partial charge in [-0.2, -0.15) is 13.2 Å². The van der Waals surface area contributed by atoms with Crippen molar-refractivity contribution in [3.8, 4) is 0 Å². The minimum atomic E-state index is -4.95. The highest BCUT2D eigenvalue weighted by Crippen LogP contribution is 2.50. The molecular weight excluding hydrogens is 497 g/mol. The van der Waals surface area contributed by atoms with E-state index in [0.717, 1.165) is 38.9 Å². The van der Waals surface area contributed by atoms with Crippen LogP contribution in [-0.4, -0.2) is 24.1 Å². The van der Waals surface area contributed by atoms with Gasteiger partial charge in [0.05, 0.1) is 5.03 Å². The first kappa shape index (κ1) is 26.5. The molecule has 1 heterocycles. The van der Waals surface area contributed by atoms with Gasteiger partial charge in [0.15, 0.2) is 0 Å². The Hall–Kier alpha value is -3.52. The van der Waals surface area contributed by atoms with Gasteiger partial charge in [0.25, 0.3) is 5.91 Å². The van der Waals surface area contributed by atoms with Crippen LogP contribution < -0.4 is 10.2 Å². The number of aryl methyl sites for hydroxylation is 4. The number of hydrogen-bond donors (Lipinski definition) is 1. The van der Waals surface area contributed by atoms with E-state index in [1.54, 1.807) is 67.8 Å². The van der Waals surface area contributed by atoms with Crippen LogP contribution in [-0.2, 0) is 10.5 Å². The predicted octanol–water partition coefficient (Wildman–Crippen LogP) is 6.73. The van der Waals surface area contributed by atoms with E-state index in [1.807, 2.05) is 20.8 Å². The Kier molecular flexibility index (Phi) is 6.99. The van der Waals surface area contributed by atoms with E-state index in [1.165, 1.54) is 12.1 Å². The number of halogens is 3. The van der Waals surface area contributed by atoms with E-state index in [9.17, 15) is 9.59 Å². The van der Waals surface area contributed by atoms with Crippen LogP contribution in [0, 0.1) is 27.7 Å². The first-order valence-electron chi connectivity index (χ1n) is 11.6. The molecular formula is C29H27F3N2O2S. The van der Waals surface area contributed by atoms with Crippen molar-refractivity contribution in [2.75, 3.05) is 11.2 Å². The van der Waals surface area contributed by atoms with Gasteiger partial charge < -0.3 is 5.32 Å². The second-order valence-corrected chi connectivity index (χ2v) is 10.0. The Morgan fingerprint density at radius 3 is 1.95 bits per heavy atom. The van der Waals surface area contributed by atoms with Crippen molar-refractivity contribution in [1.82, 2.24) is 5.32 Å². The standard InChI is InChI=1S/C29H27F3N2O2S/c1-17-6-11-21(12-7-17)25(35)24-26(36)33-28(29(30,31)32,22-13-8-18(2)9-14-22)34(27(24)37-5)23-15-10-19(3)20(4)16-23/h6-16H,1-5H3,(H,33,36)/t28-/m0/s1. The van der Waals surface area contributed by atoms with Gasteiger partial charge in [-0.3, -0.25) is 14.5 Å². The Morgan fingerprint density at radius 1 is 0.865 bits per heavy atom. The van der Waals surface area contributed by atoms with Crippen LogP contribution in [0.2, 0.25) is 0 Å². The molecule has 0 radical (unpaired) electrons. The fourth-order valence-corrected chi connectivity index (χ4v) is 5.23. The fourth-order valence-electron chi connectivity index (χ4n) is 4.42. The normalized spacial score (nSPS) is 18.2. The Bertz CT molecular complexity index is 1400. The minimum absolute atomic E-state index is 0.0736. The Balaban J connectivity index is 2.08. The third-order valence-corrected chi connectivity index (χ3v) is 7.41. The summed E-state index contributed by atoms with van der Waals surface area (Å²) in [5, 5.41) is 2.16. The highest BCUT2D eigenvalue weighted by Gasteiger charge is 2.65. The molecule has 1 N–H and O–H groups in total. The number of rotatable bonds is 5. The predicted molar refractivity (Wildman–Crippen MR) is 142 cm³/mol. The van der Waals surface area contributed by atoms with Crippen molar-refractivity contribution in [3.05, 3.63) is 111 Å². The zero-order valence-corrected chi connectivity index (χ0v) is 22.0. The summed E-state index contributed by atoms with van der Waals surface area (Å²) >= 11 is 0.937. The largest absolute Gasteiger partial charge is 0.435 e. The summed E-state index contributed by atoms with van der Waals surface area (Å²) in [7, 11) is 0. The lowest BCUT2D eigenvalue weighted by molar-refractivity contribution is -0.201. The SMILES string of the molecule is CSC1=C(C(=O)c2ccc(C)cc2)C(=O)N[C@](c2ccc(C)cc2)(C(F)(F)F)N1c1ccc(C)c(C)c1. The number of Topliss-reactive ketones (excluding diaryl/α,β-unsaturated/α-hetero) is 1. The summed E-state index contributed by atoms with van der Waals surface area (Å²) in [4.78, 5) is 28.2. The number of carbonyl (C=O) groups excluding carboxylic acids is 2. The molecule has 1 atom stereocenters. The number of nitrogens with one attached hydrogen (secondary N) is 1. The maximum absolute atomic E-state index is 15.3. The molecule has 3 aromatic rings. The molecule has 1 amide bonds. The number of anilines is 1. The summed E-state index contributed by atoms with van der Waals surface area (Å²) < 4.78 is 45.9. The van der Waals surface area contributed by atoms with E-state index >= 15 is 13.2 Å². The molecule has 0 saturated carbocycles. The van der Waals surface area contributed by atoms with Crippen LogP contribution >= 0.6 is 11.8 Å². The first-order chi connectivity index (χ1) is 17.4. The molecule has 4 rings (SSSR count). The Labute approximate surface area is 218 Å². The zero-order valence-electron chi connectivity index (χ0n) is 21.2. The molecule has 0 fully saturated rings.